The summed E-state index contributed by atoms with van der Waals surface area (Å²) in [7, 11) is 1.91. The molecule has 4 aliphatic carbocycles. The molecule has 6 aliphatic rings. The second kappa shape index (κ2) is 21.1. The highest BCUT2D eigenvalue weighted by molar-refractivity contribution is 7.99. The van der Waals surface area contributed by atoms with Crippen LogP contribution in [0.1, 0.15) is 133 Å². The molecular formula is C49H82N2O12S. The average molecular weight is 923 g/mol. The summed E-state index contributed by atoms with van der Waals surface area (Å²) in [5.41, 5.74) is 0.814. The van der Waals surface area contributed by atoms with Gasteiger partial charge in [0.15, 0.2) is 0 Å². The molecule has 2 unspecified atom stereocenters. The number of aliphatic hydroxyl groups is 6. The van der Waals surface area contributed by atoms with E-state index < -0.39 is 66.1 Å². The predicted molar refractivity (Wildman–Crippen MR) is 246 cm³/mol. The quantitative estimate of drug-likeness (QED) is 0.0748. The Labute approximate surface area is 386 Å². The van der Waals surface area contributed by atoms with Crippen molar-refractivity contribution in [2.24, 2.45) is 45.8 Å². The molecule has 19 atom stereocenters. The van der Waals surface area contributed by atoms with Gasteiger partial charge in [-0.15, -0.1) is 11.8 Å². The summed E-state index contributed by atoms with van der Waals surface area (Å²) in [5.74, 6) is -0.665. The van der Waals surface area contributed by atoms with Gasteiger partial charge >= 0.3 is 11.9 Å². The van der Waals surface area contributed by atoms with E-state index in [9.17, 15) is 50.1 Å². The summed E-state index contributed by atoms with van der Waals surface area (Å²) in [5, 5.41) is 76.4. The number of ether oxygens (including phenoxy) is 2. The fourth-order valence-electron chi connectivity index (χ4n) is 13.9. The number of likely N-dealkylation sites (tertiary alicyclic amines) is 1. The number of rotatable bonds is 12. The number of aliphatic carboxylic acids is 1. The number of hydrogen-bond acceptors (Lipinski definition) is 13. The molecule has 2 heterocycles. The Balaban J connectivity index is 0.000000254. The fraction of sp³-hybridized carbons (Fsp3) is 0.857. The van der Waals surface area contributed by atoms with Crippen LogP contribution in [0.2, 0.25) is 0 Å². The summed E-state index contributed by atoms with van der Waals surface area (Å²) in [4.78, 5) is 39.7. The van der Waals surface area contributed by atoms with E-state index in [2.05, 4.69) is 39.9 Å². The van der Waals surface area contributed by atoms with Crippen LogP contribution in [-0.4, -0.2) is 145 Å². The third kappa shape index (κ3) is 10.2. The summed E-state index contributed by atoms with van der Waals surface area (Å²) in [6.45, 7) is 18.9. The van der Waals surface area contributed by atoms with E-state index in [1.54, 1.807) is 6.26 Å². The van der Waals surface area contributed by atoms with Crippen LogP contribution in [0.4, 0.5) is 0 Å². The van der Waals surface area contributed by atoms with Crippen molar-refractivity contribution in [1.82, 2.24) is 10.2 Å². The zero-order chi connectivity index (χ0) is 47.8. The number of amides is 1. The first-order valence-electron chi connectivity index (χ1n) is 23.9. The topological polar surface area (TPSA) is 227 Å². The molecule has 8 N–H and O–H groups in total. The predicted octanol–water partition coefficient (Wildman–Crippen LogP) is 4.81. The Morgan fingerprint density at radius 3 is 2.23 bits per heavy atom. The van der Waals surface area contributed by atoms with E-state index in [-0.39, 0.29) is 52.1 Å². The van der Waals surface area contributed by atoms with Gasteiger partial charge in [0.05, 0.1) is 30.4 Å². The Bertz CT molecular complexity index is 1720. The monoisotopic (exact) mass is 923 g/mol. The number of carbonyl (C=O) groups excluding carboxylic acids is 2. The first kappa shape index (κ1) is 52.9. The number of carboxylic acid groups (broad SMARTS) is 1. The highest BCUT2D eigenvalue weighted by Gasteiger charge is 2.71. The lowest BCUT2D eigenvalue weighted by atomic mass is 9.36. The van der Waals surface area contributed by atoms with Crippen LogP contribution in [0, 0.1) is 45.8 Å². The van der Waals surface area contributed by atoms with Crippen molar-refractivity contribution in [1.29, 1.82) is 0 Å². The molecular weight excluding hydrogens is 841 g/mol. The smallest absolute Gasteiger partial charge is 0.331 e. The molecule has 366 valence electrons. The zero-order valence-electron chi connectivity index (χ0n) is 40.3. The van der Waals surface area contributed by atoms with Crippen LogP contribution in [0.5, 0.6) is 0 Å². The second-order valence-corrected chi connectivity index (χ2v) is 22.4. The van der Waals surface area contributed by atoms with Gasteiger partial charge in [-0.1, -0.05) is 52.7 Å². The van der Waals surface area contributed by atoms with Gasteiger partial charge in [-0.25, -0.2) is 4.79 Å². The van der Waals surface area contributed by atoms with Crippen LogP contribution in [0.3, 0.4) is 0 Å². The molecule has 64 heavy (non-hydrogen) atoms. The van der Waals surface area contributed by atoms with Gasteiger partial charge in [0.25, 0.3) is 0 Å². The average Bonchev–Trinajstić information content (AvgIpc) is 3.71. The molecule has 1 amide bonds. The van der Waals surface area contributed by atoms with Crippen molar-refractivity contribution >= 4 is 29.6 Å². The molecule has 4 saturated carbocycles. The number of nitrogens with zero attached hydrogens (tertiary/aromatic N) is 1. The van der Waals surface area contributed by atoms with Gasteiger partial charge in [-0.3, -0.25) is 14.5 Å². The van der Waals surface area contributed by atoms with Crippen LogP contribution in [-0.2, 0) is 23.9 Å². The first-order valence-corrected chi connectivity index (χ1v) is 25.2. The molecule has 15 heteroatoms. The zero-order valence-corrected chi connectivity index (χ0v) is 41.1. The maximum Gasteiger partial charge on any atom is 0.331 e. The number of likely N-dealkylation sites (N-methyl/N-ethyl adjacent to an activating group) is 1. The minimum absolute atomic E-state index is 0.0474. The number of fused-ring (bicyclic) bond motifs is 5. The Morgan fingerprint density at radius 1 is 0.984 bits per heavy atom. The van der Waals surface area contributed by atoms with Gasteiger partial charge in [-0.05, 0) is 150 Å². The molecule has 6 fully saturated rings. The highest BCUT2D eigenvalue weighted by atomic mass is 32.2. The van der Waals surface area contributed by atoms with Crippen molar-refractivity contribution in [2.75, 3.05) is 19.8 Å². The third-order valence-corrected chi connectivity index (χ3v) is 18.1. The molecule has 0 aromatic rings. The van der Waals surface area contributed by atoms with E-state index in [0.29, 0.717) is 43.1 Å². The first-order chi connectivity index (χ1) is 29.9. The van der Waals surface area contributed by atoms with Crippen LogP contribution < -0.4 is 5.32 Å². The maximum atomic E-state index is 12.8. The van der Waals surface area contributed by atoms with Crippen molar-refractivity contribution in [3.05, 3.63) is 22.8 Å². The van der Waals surface area contributed by atoms with Crippen LogP contribution in [0.25, 0.3) is 0 Å². The van der Waals surface area contributed by atoms with E-state index in [1.165, 1.54) is 25.6 Å². The Morgan fingerprint density at radius 2 is 1.66 bits per heavy atom. The number of aliphatic hydroxyl groups excluding tert-OH is 6. The minimum atomic E-state index is -1.42. The minimum Gasteiger partial charge on any atom is -0.478 e. The van der Waals surface area contributed by atoms with Gasteiger partial charge < -0.3 is 50.5 Å². The standard InChI is InChI=1S/C31H48O6.C18H34N2O6S/c1-17(2)9-8-10-20(28(35)36)26-22-15-24(34)27-29(5)13-12-23(33)18(3)21(29)11-14-30(27,6)31(22,7)16-25(26)37-19(4)32;1-5-6-10-7-11(20(3)8-10)17(25)19-12(9(2)21)16-14(23)13(22)15(24)18(26-16)27-4/h9,18,21-25,27,33-34H,8,10-16H2,1-7H3,(H,35,36);9-16,18,21-24H,5-8H2,1-4H3,(H,19,25)/b26-20-;/t18-,21-,22-,23+,24+,25-,27-,29-,30-,31-;9?,10-,11+,12?,13+,14-,15-,16-,18-/m01/s1. The summed E-state index contributed by atoms with van der Waals surface area (Å²) in [6, 6.07) is -1.20. The lowest BCUT2D eigenvalue weighted by Crippen LogP contribution is -2.65. The normalized spacial score (nSPS) is 43.6. The lowest BCUT2D eigenvalue weighted by Gasteiger charge is -2.69. The SMILES string of the molecule is CC(=O)O[C@H]1C[C@@]2(C)[C@@H](C[C@@H](O)[C@H]3[C@@]4(C)CC[C@@H](O)[C@@H](C)[C@@H]4CC[C@@]32C)/C1=C(\CCC=C(C)C)C(=O)O.CCC[C@@H]1C[C@@H](C(=O)NC(C(C)O)[C@H]2O[C@H](SC)[C@H](O)[C@@H](O)[C@H]2O)N(C)C1. The fourth-order valence-corrected chi connectivity index (χ4v) is 14.6. The molecule has 2 saturated heterocycles. The summed E-state index contributed by atoms with van der Waals surface area (Å²) in [6.07, 6.45) is 4.73. The number of thioether (sulfide) groups is 1. The van der Waals surface area contributed by atoms with Crippen molar-refractivity contribution < 1.29 is 59.6 Å². The number of hydrogen-bond donors (Lipinski definition) is 8. The second-order valence-electron chi connectivity index (χ2n) is 21.4. The molecule has 0 aromatic heterocycles. The van der Waals surface area contributed by atoms with Gasteiger partial charge in [-0.2, -0.15) is 0 Å². The van der Waals surface area contributed by atoms with E-state index in [0.717, 1.165) is 62.6 Å². The number of carboxylic acids is 1. The van der Waals surface area contributed by atoms with Gasteiger partial charge in [0.2, 0.25) is 5.91 Å². The molecule has 2 aliphatic heterocycles. The van der Waals surface area contributed by atoms with Crippen LogP contribution >= 0.6 is 11.8 Å². The number of allylic oxidation sites excluding steroid dienone is 2. The van der Waals surface area contributed by atoms with Crippen LogP contribution in [0.15, 0.2) is 22.8 Å². The van der Waals surface area contributed by atoms with Crippen molar-refractivity contribution in [3.8, 4) is 0 Å². The number of nitrogens with one attached hydrogen (secondary N) is 1. The Hall–Kier alpha value is -2.08. The highest BCUT2D eigenvalue weighted by Crippen LogP contribution is 2.74. The van der Waals surface area contributed by atoms with E-state index in [4.69, 9.17) is 9.47 Å². The maximum absolute atomic E-state index is 12.8. The molecule has 14 nitrogen and oxygen atoms in total. The molecule has 0 radical (unpaired) electrons. The molecule has 0 spiro atoms. The van der Waals surface area contributed by atoms with Gasteiger partial charge in [0.1, 0.15) is 36.0 Å². The van der Waals surface area contributed by atoms with Gasteiger partial charge in [0, 0.05) is 19.0 Å². The van der Waals surface area contributed by atoms with Crippen molar-refractivity contribution in [2.45, 2.75) is 199 Å². The Kier molecular flexibility index (Phi) is 17.4. The summed E-state index contributed by atoms with van der Waals surface area (Å²) < 4.78 is 11.6. The largest absolute Gasteiger partial charge is 0.478 e. The number of esters is 1. The van der Waals surface area contributed by atoms with E-state index in [1.807, 2.05) is 31.9 Å². The number of carbonyl (C=O) groups is 3. The summed E-state index contributed by atoms with van der Waals surface area (Å²) >= 11 is 1.20. The molecule has 0 bridgehead atoms. The third-order valence-electron chi connectivity index (χ3n) is 17.2. The molecule has 0 aromatic carbocycles. The lowest BCUT2D eigenvalue weighted by molar-refractivity contribution is -0.234. The molecule has 6 rings (SSSR count). The van der Waals surface area contributed by atoms with Crippen molar-refractivity contribution in [3.63, 3.8) is 0 Å². The van der Waals surface area contributed by atoms with E-state index >= 15 is 0 Å².